The van der Waals surface area contributed by atoms with Crippen LogP contribution in [0, 0.1) is 6.92 Å². The van der Waals surface area contributed by atoms with Crippen molar-refractivity contribution in [3.63, 3.8) is 0 Å². The molecule has 8 nitrogen and oxygen atoms in total. The molecule has 0 aliphatic rings. The average molecular weight is 243 g/mol. The number of hydrogen-bond donors (Lipinski definition) is 4. The lowest BCUT2D eigenvalue weighted by Crippen LogP contribution is -2.41. The summed E-state index contributed by atoms with van der Waals surface area (Å²) >= 11 is 0. The Labute approximate surface area is 96.6 Å². The van der Waals surface area contributed by atoms with E-state index in [2.05, 4.69) is 15.8 Å². The highest BCUT2D eigenvalue weighted by molar-refractivity contribution is 5.76. The van der Waals surface area contributed by atoms with Crippen LogP contribution in [-0.2, 0) is 11.3 Å². The zero-order valence-electron chi connectivity index (χ0n) is 9.14. The number of carbonyl (C=O) groups excluding carboxylic acids is 1. The van der Waals surface area contributed by atoms with E-state index in [4.69, 9.17) is 14.7 Å². The van der Waals surface area contributed by atoms with E-state index in [1.165, 1.54) is 0 Å². The van der Waals surface area contributed by atoms with Crippen molar-refractivity contribution in [2.45, 2.75) is 19.6 Å². The van der Waals surface area contributed by atoms with Gasteiger partial charge in [-0.1, -0.05) is 5.16 Å². The first-order chi connectivity index (χ1) is 7.99. The van der Waals surface area contributed by atoms with Gasteiger partial charge in [-0.15, -0.1) is 0 Å². The summed E-state index contributed by atoms with van der Waals surface area (Å²) in [4.78, 5) is 21.4. The van der Waals surface area contributed by atoms with Gasteiger partial charge >= 0.3 is 12.0 Å². The smallest absolute Gasteiger partial charge is 0.334 e. The van der Waals surface area contributed by atoms with Crippen LogP contribution in [-0.4, -0.2) is 40.0 Å². The standard InChI is InChI=1S/C9H13N3O5/c1-5-2-6(12-17-5)3-10-9(16)11-4-7(13)8(14)15/h2,7,13H,3-4H2,1H3,(H,14,15)(H2,10,11,16)/t7-/m0/s1. The first kappa shape index (κ1) is 13.0. The molecule has 0 fully saturated rings. The Kier molecular flexibility index (Phi) is 4.46. The molecule has 0 bridgehead atoms. The van der Waals surface area contributed by atoms with E-state index in [1.807, 2.05) is 0 Å². The third-order valence-corrected chi connectivity index (χ3v) is 1.85. The number of aliphatic carboxylic acids is 1. The minimum absolute atomic E-state index is 0.159. The number of carbonyl (C=O) groups is 2. The number of nitrogens with one attached hydrogen (secondary N) is 2. The van der Waals surface area contributed by atoms with Gasteiger partial charge in [0.05, 0.1) is 13.1 Å². The fourth-order valence-corrected chi connectivity index (χ4v) is 1.01. The Hall–Kier alpha value is -2.09. The van der Waals surface area contributed by atoms with E-state index in [0.29, 0.717) is 11.5 Å². The van der Waals surface area contributed by atoms with Crippen LogP contribution in [0.1, 0.15) is 11.5 Å². The molecule has 1 heterocycles. The SMILES string of the molecule is Cc1cc(CNC(=O)NC[C@H](O)C(=O)O)no1. The van der Waals surface area contributed by atoms with Crippen molar-refractivity contribution in [1.29, 1.82) is 0 Å². The molecule has 1 aromatic heterocycles. The summed E-state index contributed by atoms with van der Waals surface area (Å²) in [6, 6.07) is 1.07. The molecular weight excluding hydrogens is 230 g/mol. The van der Waals surface area contributed by atoms with Crippen LogP contribution in [0.4, 0.5) is 4.79 Å². The second-order valence-corrected chi connectivity index (χ2v) is 3.35. The molecule has 2 amide bonds. The molecule has 8 heteroatoms. The number of carboxylic acids is 1. The highest BCUT2D eigenvalue weighted by atomic mass is 16.5. The summed E-state index contributed by atoms with van der Waals surface area (Å²) in [5, 5.41) is 25.5. The molecule has 4 N–H and O–H groups in total. The molecule has 1 aromatic rings. The van der Waals surface area contributed by atoms with Crippen molar-refractivity contribution < 1.29 is 24.3 Å². The fourth-order valence-electron chi connectivity index (χ4n) is 1.01. The van der Waals surface area contributed by atoms with E-state index in [0.717, 1.165) is 0 Å². The van der Waals surface area contributed by atoms with Gasteiger partial charge in [0.1, 0.15) is 11.5 Å². The number of urea groups is 1. The average Bonchev–Trinajstić information content (AvgIpc) is 2.69. The van der Waals surface area contributed by atoms with Crippen molar-refractivity contribution in [3.05, 3.63) is 17.5 Å². The molecule has 0 radical (unpaired) electrons. The number of carboxylic acid groups (broad SMARTS) is 1. The van der Waals surface area contributed by atoms with Gasteiger partial charge in [-0.05, 0) is 6.92 Å². The highest BCUT2D eigenvalue weighted by Crippen LogP contribution is 2.00. The Morgan fingerprint density at radius 2 is 2.24 bits per heavy atom. The molecule has 0 spiro atoms. The zero-order chi connectivity index (χ0) is 12.8. The maximum Gasteiger partial charge on any atom is 0.334 e. The van der Waals surface area contributed by atoms with Crippen molar-refractivity contribution in [2.75, 3.05) is 6.54 Å². The predicted molar refractivity (Wildman–Crippen MR) is 55.1 cm³/mol. The van der Waals surface area contributed by atoms with Crippen LogP contribution in [0.3, 0.4) is 0 Å². The number of rotatable bonds is 5. The lowest BCUT2D eigenvalue weighted by Gasteiger charge is -2.08. The number of aliphatic hydroxyl groups excluding tert-OH is 1. The van der Waals surface area contributed by atoms with Gasteiger partial charge in [0.25, 0.3) is 0 Å². The minimum atomic E-state index is -1.62. The maximum atomic E-state index is 11.2. The summed E-state index contributed by atoms with van der Waals surface area (Å²) in [6.45, 7) is 1.52. The lowest BCUT2D eigenvalue weighted by molar-refractivity contribution is -0.146. The number of hydrogen-bond acceptors (Lipinski definition) is 5. The van der Waals surface area contributed by atoms with Gasteiger partial charge in [0.15, 0.2) is 6.10 Å². The number of aliphatic hydroxyl groups is 1. The molecule has 0 aromatic carbocycles. The topological polar surface area (TPSA) is 125 Å². The van der Waals surface area contributed by atoms with E-state index < -0.39 is 18.1 Å². The van der Waals surface area contributed by atoms with Crippen LogP contribution in [0.25, 0.3) is 0 Å². The monoisotopic (exact) mass is 243 g/mol. The van der Waals surface area contributed by atoms with Crippen LogP contribution in [0.2, 0.25) is 0 Å². The normalized spacial score (nSPS) is 11.9. The summed E-state index contributed by atoms with van der Waals surface area (Å²) in [5.41, 5.74) is 0.552. The Morgan fingerprint density at radius 3 is 2.76 bits per heavy atom. The molecule has 0 aliphatic carbocycles. The van der Waals surface area contributed by atoms with Crippen LogP contribution < -0.4 is 10.6 Å². The molecule has 94 valence electrons. The van der Waals surface area contributed by atoms with E-state index in [9.17, 15) is 9.59 Å². The third kappa shape index (κ3) is 4.51. The first-order valence-electron chi connectivity index (χ1n) is 4.84. The summed E-state index contributed by atoms with van der Waals surface area (Å²) < 4.78 is 4.79. The van der Waals surface area contributed by atoms with Crippen molar-refractivity contribution in [1.82, 2.24) is 15.8 Å². The van der Waals surface area contributed by atoms with Crippen LogP contribution in [0.15, 0.2) is 10.6 Å². The van der Waals surface area contributed by atoms with Gasteiger partial charge in [-0.25, -0.2) is 9.59 Å². The molecule has 1 atom stereocenters. The fraction of sp³-hybridized carbons (Fsp3) is 0.444. The Morgan fingerprint density at radius 1 is 1.53 bits per heavy atom. The van der Waals surface area contributed by atoms with Crippen LogP contribution in [0.5, 0.6) is 0 Å². The molecule has 0 saturated carbocycles. The number of aryl methyl sites for hydroxylation is 1. The van der Waals surface area contributed by atoms with Crippen molar-refractivity contribution in [2.24, 2.45) is 0 Å². The molecular formula is C9H13N3O5. The largest absolute Gasteiger partial charge is 0.479 e. The maximum absolute atomic E-state index is 11.2. The van der Waals surface area contributed by atoms with Gasteiger partial charge in [-0.3, -0.25) is 0 Å². The molecule has 0 unspecified atom stereocenters. The quantitative estimate of drug-likeness (QED) is 0.538. The van der Waals surface area contributed by atoms with E-state index >= 15 is 0 Å². The second-order valence-electron chi connectivity index (χ2n) is 3.35. The van der Waals surface area contributed by atoms with Crippen LogP contribution >= 0.6 is 0 Å². The molecule has 0 saturated heterocycles. The molecule has 17 heavy (non-hydrogen) atoms. The summed E-state index contributed by atoms with van der Waals surface area (Å²) in [6.07, 6.45) is -1.62. The minimum Gasteiger partial charge on any atom is -0.479 e. The number of aromatic nitrogens is 1. The van der Waals surface area contributed by atoms with Gasteiger partial charge in [0, 0.05) is 6.07 Å². The Bertz CT molecular complexity index is 403. The van der Waals surface area contributed by atoms with Gasteiger partial charge in [0.2, 0.25) is 0 Å². The van der Waals surface area contributed by atoms with Gasteiger partial charge in [-0.2, -0.15) is 0 Å². The molecule has 1 rings (SSSR count). The predicted octanol–water partition coefficient (Wildman–Crippen LogP) is -0.772. The van der Waals surface area contributed by atoms with Crippen molar-refractivity contribution >= 4 is 12.0 Å². The first-order valence-corrected chi connectivity index (χ1v) is 4.84. The Balaban J connectivity index is 2.24. The third-order valence-electron chi connectivity index (χ3n) is 1.85. The second kappa shape index (κ2) is 5.85. The summed E-state index contributed by atoms with van der Waals surface area (Å²) in [7, 11) is 0. The number of amides is 2. The van der Waals surface area contributed by atoms with E-state index in [1.54, 1.807) is 13.0 Å². The van der Waals surface area contributed by atoms with Gasteiger partial charge < -0.3 is 25.4 Å². The zero-order valence-corrected chi connectivity index (χ0v) is 9.14. The number of nitrogens with zero attached hydrogens (tertiary/aromatic N) is 1. The molecule has 0 aliphatic heterocycles. The summed E-state index contributed by atoms with van der Waals surface area (Å²) in [5.74, 6) is -0.763. The van der Waals surface area contributed by atoms with E-state index in [-0.39, 0.29) is 13.1 Å². The van der Waals surface area contributed by atoms with Crippen molar-refractivity contribution in [3.8, 4) is 0 Å². The highest BCUT2D eigenvalue weighted by Gasteiger charge is 2.13. The lowest BCUT2D eigenvalue weighted by atomic mass is 10.3.